The molecule has 1 heterocycles. The van der Waals surface area contributed by atoms with Crippen molar-refractivity contribution in [1.29, 1.82) is 0 Å². The van der Waals surface area contributed by atoms with E-state index >= 15 is 0 Å². The molecule has 1 unspecified atom stereocenters. The molecule has 1 atom stereocenters. The molecule has 0 amide bonds. The Morgan fingerprint density at radius 3 is 2.88 bits per heavy atom. The maximum atomic E-state index is 10.3. The van der Waals surface area contributed by atoms with Gasteiger partial charge in [0.1, 0.15) is 6.10 Å². The minimum atomic E-state index is -0.474. The predicted molar refractivity (Wildman–Crippen MR) is 65.4 cm³/mol. The molecule has 0 radical (unpaired) electrons. The van der Waals surface area contributed by atoms with Crippen LogP contribution in [-0.4, -0.2) is 14.7 Å². The summed E-state index contributed by atoms with van der Waals surface area (Å²) in [5.74, 6) is 0. The summed E-state index contributed by atoms with van der Waals surface area (Å²) < 4.78 is 3.88. The fourth-order valence-electron chi connectivity index (χ4n) is 2.12. The third kappa shape index (κ3) is 2.68. The van der Waals surface area contributed by atoms with Gasteiger partial charge in [-0.1, -0.05) is 23.4 Å². The van der Waals surface area contributed by atoms with E-state index in [-0.39, 0.29) is 0 Å². The molecule has 0 spiro atoms. The lowest BCUT2D eigenvalue weighted by Gasteiger charge is -2.16. The van der Waals surface area contributed by atoms with Crippen molar-refractivity contribution in [2.75, 3.05) is 0 Å². The van der Waals surface area contributed by atoms with Gasteiger partial charge in [-0.05, 0) is 49.7 Å². The van der Waals surface area contributed by atoms with Crippen LogP contribution in [0.3, 0.4) is 0 Å². The first-order valence-corrected chi connectivity index (χ1v) is 6.72. The number of allylic oxidation sites excluding steroid dienone is 1. The second-order valence-corrected chi connectivity index (χ2v) is 5.14. The molecule has 0 aromatic carbocycles. The zero-order valence-electron chi connectivity index (χ0n) is 9.65. The molecular weight excluding hydrogens is 220 g/mol. The Morgan fingerprint density at radius 2 is 2.12 bits per heavy atom. The number of aliphatic hydroxyl groups is 1. The van der Waals surface area contributed by atoms with Gasteiger partial charge in [0.25, 0.3) is 0 Å². The molecule has 0 fully saturated rings. The van der Waals surface area contributed by atoms with Crippen molar-refractivity contribution >= 4 is 11.5 Å². The van der Waals surface area contributed by atoms with E-state index in [1.807, 2.05) is 6.92 Å². The molecule has 4 heteroatoms. The van der Waals surface area contributed by atoms with Crippen molar-refractivity contribution in [2.45, 2.75) is 51.6 Å². The van der Waals surface area contributed by atoms with Gasteiger partial charge in [0.2, 0.25) is 0 Å². The standard InChI is InChI=1S/C12H18N2OS/c1-9-12(16-14-13-9)11(15)10-7-5-3-2-4-6-8-10/h7,11,15H,2-6,8H2,1H3. The zero-order chi connectivity index (χ0) is 11.4. The Morgan fingerprint density at radius 1 is 1.31 bits per heavy atom. The van der Waals surface area contributed by atoms with Crippen LogP contribution in [0, 0.1) is 6.92 Å². The summed E-state index contributed by atoms with van der Waals surface area (Å²) in [6.45, 7) is 1.91. The number of hydrogen-bond donors (Lipinski definition) is 1. The topological polar surface area (TPSA) is 46.0 Å². The third-order valence-electron chi connectivity index (χ3n) is 3.11. The van der Waals surface area contributed by atoms with Gasteiger partial charge in [-0.3, -0.25) is 0 Å². The highest BCUT2D eigenvalue weighted by molar-refractivity contribution is 7.05. The highest BCUT2D eigenvalue weighted by atomic mass is 32.1. The minimum Gasteiger partial charge on any atom is -0.383 e. The van der Waals surface area contributed by atoms with Gasteiger partial charge in [0.05, 0.1) is 10.6 Å². The van der Waals surface area contributed by atoms with E-state index in [1.54, 1.807) is 0 Å². The summed E-state index contributed by atoms with van der Waals surface area (Å²) in [6.07, 6.45) is 8.88. The Balaban J connectivity index is 2.13. The zero-order valence-corrected chi connectivity index (χ0v) is 10.5. The number of rotatable bonds is 2. The van der Waals surface area contributed by atoms with E-state index < -0.39 is 6.10 Å². The molecule has 0 bridgehead atoms. The lowest BCUT2D eigenvalue weighted by molar-refractivity contribution is 0.212. The maximum Gasteiger partial charge on any atom is 0.113 e. The first-order valence-electron chi connectivity index (χ1n) is 5.95. The summed E-state index contributed by atoms with van der Waals surface area (Å²) >= 11 is 1.31. The normalized spacial score (nSPS) is 19.8. The van der Waals surface area contributed by atoms with Crippen LogP contribution in [0.15, 0.2) is 11.6 Å². The van der Waals surface area contributed by atoms with Crippen molar-refractivity contribution in [2.24, 2.45) is 0 Å². The van der Waals surface area contributed by atoms with Gasteiger partial charge < -0.3 is 5.11 Å². The molecule has 0 saturated carbocycles. The first-order chi connectivity index (χ1) is 7.79. The lowest BCUT2D eigenvalue weighted by Crippen LogP contribution is -2.03. The molecule has 88 valence electrons. The number of nitrogens with zero attached hydrogens (tertiary/aromatic N) is 2. The average Bonchev–Trinajstić information content (AvgIpc) is 2.63. The van der Waals surface area contributed by atoms with Crippen molar-refractivity contribution in [3.8, 4) is 0 Å². The molecule has 1 aliphatic carbocycles. The van der Waals surface area contributed by atoms with E-state index in [0.717, 1.165) is 29.0 Å². The predicted octanol–water partition coefficient (Wildman–Crippen LogP) is 3.16. The second kappa shape index (κ2) is 5.55. The monoisotopic (exact) mass is 238 g/mol. The van der Waals surface area contributed by atoms with Crippen LogP contribution < -0.4 is 0 Å². The van der Waals surface area contributed by atoms with E-state index in [1.165, 1.54) is 37.2 Å². The molecule has 2 rings (SSSR count). The molecular formula is C12H18N2OS. The summed E-state index contributed by atoms with van der Waals surface area (Å²) in [7, 11) is 0. The van der Waals surface area contributed by atoms with Gasteiger partial charge in [-0.15, -0.1) is 5.10 Å². The van der Waals surface area contributed by atoms with Crippen LogP contribution in [0.1, 0.15) is 55.2 Å². The fraction of sp³-hybridized carbons (Fsp3) is 0.667. The summed E-state index contributed by atoms with van der Waals surface area (Å²) in [4.78, 5) is 0.909. The number of aliphatic hydroxyl groups excluding tert-OH is 1. The van der Waals surface area contributed by atoms with Crippen LogP contribution in [0.5, 0.6) is 0 Å². The molecule has 1 N–H and O–H groups in total. The van der Waals surface area contributed by atoms with Crippen LogP contribution in [0.4, 0.5) is 0 Å². The van der Waals surface area contributed by atoms with Crippen molar-refractivity contribution < 1.29 is 5.11 Å². The Kier molecular flexibility index (Phi) is 4.07. The Hall–Kier alpha value is -0.740. The van der Waals surface area contributed by atoms with Gasteiger partial charge in [-0.2, -0.15) is 0 Å². The molecule has 1 aromatic rings. The largest absolute Gasteiger partial charge is 0.383 e. The minimum absolute atomic E-state index is 0.474. The van der Waals surface area contributed by atoms with Crippen LogP contribution in [0.25, 0.3) is 0 Å². The number of hydrogen-bond acceptors (Lipinski definition) is 4. The molecule has 1 aliphatic rings. The Labute approximate surface area is 100 Å². The maximum absolute atomic E-state index is 10.3. The lowest BCUT2D eigenvalue weighted by atomic mass is 9.95. The average molecular weight is 238 g/mol. The van der Waals surface area contributed by atoms with Crippen molar-refractivity contribution in [1.82, 2.24) is 9.59 Å². The number of aromatic nitrogens is 2. The highest BCUT2D eigenvalue weighted by Crippen LogP contribution is 2.31. The summed E-state index contributed by atoms with van der Waals surface area (Å²) in [5.41, 5.74) is 2.02. The summed E-state index contributed by atoms with van der Waals surface area (Å²) in [6, 6.07) is 0. The van der Waals surface area contributed by atoms with Crippen molar-refractivity contribution in [3.05, 3.63) is 22.2 Å². The van der Waals surface area contributed by atoms with Crippen LogP contribution in [0.2, 0.25) is 0 Å². The summed E-state index contributed by atoms with van der Waals surface area (Å²) in [5, 5.41) is 14.2. The molecule has 1 aromatic heterocycles. The smallest absolute Gasteiger partial charge is 0.113 e. The second-order valence-electron chi connectivity index (χ2n) is 4.36. The van der Waals surface area contributed by atoms with Gasteiger partial charge in [0.15, 0.2) is 0 Å². The van der Waals surface area contributed by atoms with Crippen molar-refractivity contribution in [3.63, 3.8) is 0 Å². The quantitative estimate of drug-likeness (QED) is 0.805. The third-order valence-corrected chi connectivity index (χ3v) is 3.99. The van der Waals surface area contributed by atoms with Crippen LogP contribution in [-0.2, 0) is 0 Å². The Bertz CT molecular complexity index is 373. The molecule has 0 saturated heterocycles. The van der Waals surface area contributed by atoms with E-state index in [4.69, 9.17) is 0 Å². The molecule has 0 aliphatic heterocycles. The van der Waals surface area contributed by atoms with Crippen LogP contribution >= 0.6 is 11.5 Å². The van der Waals surface area contributed by atoms with Gasteiger partial charge in [-0.25, -0.2) is 0 Å². The molecule has 3 nitrogen and oxygen atoms in total. The fourth-order valence-corrected chi connectivity index (χ4v) is 2.80. The SMILES string of the molecule is Cc1nnsc1C(O)C1=CCCCCCC1. The molecule has 16 heavy (non-hydrogen) atoms. The highest BCUT2D eigenvalue weighted by Gasteiger charge is 2.18. The van der Waals surface area contributed by atoms with Gasteiger partial charge in [0, 0.05) is 0 Å². The first kappa shape index (κ1) is 11.7. The van der Waals surface area contributed by atoms with E-state index in [0.29, 0.717) is 0 Å². The number of aryl methyl sites for hydroxylation is 1. The van der Waals surface area contributed by atoms with E-state index in [2.05, 4.69) is 15.7 Å². The van der Waals surface area contributed by atoms with Gasteiger partial charge >= 0.3 is 0 Å². The van der Waals surface area contributed by atoms with E-state index in [9.17, 15) is 5.11 Å².